The Morgan fingerprint density at radius 1 is 1.56 bits per heavy atom. The molecule has 2 rings (SSSR count). The van der Waals surface area contributed by atoms with Gasteiger partial charge in [-0.2, -0.15) is 5.10 Å². The van der Waals surface area contributed by atoms with Crippen LogP contribution in [0.25, 0.3) is 10.9 Å². The molecule has 0 atom stereocenters. The van der Waals surface area contributed by atoms with Crippen molar-refractivity contribution in [2.75, 3.05) is 0 Å². The van der Waals surface area contributed by atoms with Gasteiger partial charge in [0.2, 0.25) is 0 Å². The number of fused-ring (bicyclic) bond motifs is 1. The minimum absolute atomic E-state index is 0.138. The second-order valence-electron chi connectivity index (χ2n) is 3.67. The van der Waals surface area contributed by atoms with Gasteiger partial charge < -0.3 is 10.3 Å². The van der Waals surface area contributed by atoms with Gasteiger partial charge in [-0.3, -0.25) is 5.43 Å². The number of terminal acetylenes is 1. The molecule has 4 nitrogen and oxygen atoms in total. The zero-order valence-corrected chi connectivity index (χ0v) is 10.4. The summed E-state index contributed by atoms with van der Waals surface area (Å²) in [6.45, 7) is 0.525. The Morgan fingerprint density at radius 3 is 3.06 bits per heavy atom. The Hall–Kier alpha value is -2.32. The Bertz CT molecular complexity index is 649. The molecule has 0 radical (unpaired) electrons. The number of hydrazone groups is 1. The topological polar surface area (TPSA) is 55.3 Å². The van der Waals surface area contributed by atoms with E-state index in [1.165, 1.54) is 0 Å². The number of thiocarbonyl (C=S) groups is 1. The largest absolute Gasteiger partial charge is 0.375 e. The highest BCUT2D eigenvalue weighted by Gasteiger charge is 2.05. The normalized spacial score (nSPS) is 10.6. The van der Waals surface area contributed by atoms with Crippen LogP contribution in [0, 0.1) is 12.3 Å². The SMILES string of the molecule is C#CCn1cc(C=NNC(N)=S)c2ccccc21. The van der Waals surface area contributed by atoms with Crippen molar-refractivity contribution in [3.63, 3.8) is 0 Å². The van der Waals surface area contributed by atoms with Gasteiger partial charge in [-0.25, -0.2) is 0 Å². The third-order valence-electron chi connectivity index (χ3n) is 2.46. The number of hydrogen-bond donors (Lipinski definition) is 2. The highest BCUT2D eigenvalue weighted by Crippen LogP contribution is 2.19. The van der Waals surface area contributed by atoms with Crippen molar-refractivity contribution >= 4 is 34.4 Å². The average molecular weight is 256 g/mol. The van der Waals surface area contributed by atoms with Crippen LogP contribution in [0.3, 0.4) is 0 Å². The molecule has 0 aliphatic heterocycles. The lowest BCUT2D eigenvalue weighted by Crippen LogP contribution is -2.23. The van der Waals surface area contributed by atoms with E-state index in [2.05, 4.69) is 28.7 Å². The summed E-state index contributed by atoms with van der Waals surface area (Å²) < 4.78 is 2.00. The molecule has 0 unspecified atom stereocenters. The Labute approximate surface area is 110 Å². The smallest absolute Gasteiger partial charge is 0.184 e. The molecule has 0 bridgehead atoms. The zero-order valence-electron chi connectivity index (χ0n) is 9.63. The van der Waals surface area contributed by atoms with Gasteiger partial charge >= 0.3 is 0 Å². The van der Waals surface area contributed by atoms with Crippen LogP contribution in [0.4, 0.5) is 0 Å². The molecule has 0 fully saturated rings. The first-order chi connectivity index (χ1) is 8.72. The molecule has 2 aromatic rings. The number of nitrogens with one attached hydrogen (secondary N) is 1. The molecular formula is C13H12N4S. The summed E-state index contributed by atoms with van der Waals surface area (Å²) in [7, 11) is 0. The van der Waals surface area contributed by atoms with Crippen LogP contribution in [0.15, 0.2) is 35.6 Å². The molecule has 90 valence electrons. The maximum Gasteiger partial charge on any atom is 0.184 e. The molecule has 0 saturated carbocycles. The van der Waals surface area contributed by atoms with Crippen molar-refractivity contribution < 1.29 is 0 Å². The van der Waals surface area contributed by atoms with E-state index in [0.29, 0.717) is 6.54 Å². The first kappa shape index (κ1) is 12.1. The predicted molar refractivity (Wildman–Crippen MR) is 78.3 cm³/mol. The molecule has 5 heteroatoms. The van der Waals surface area contributed by atoms with Crippen molar-refractivity contribution in [1.29, 1.82) is 0 Å². The van der Waals surface area contributed by atoms with Gasteiger partial charge in [-0.05, 0) is 18.3 Å². The van der Waals surface area contributed by atoms with Crippen molar-refractivity contribution in [3.8, 4) is 12.3 Å². The molecule has 0 amide bonds. The number of hydrogen-bond acceptors (Lipinski definition) is 2. The molecular weight excluding hydrogens is 244 g/mol. The van der Waals surface area contributed by atoms with Crippen molar-refractivity contribution in [1.82, 2.24) is 9.99 Å². The van der Waals surface area contributed by atoms with Crippen molar-refractivity contribution in [2.24, 2.45) is 10.8 Å². The van der Waals surface area contributed by atoms with Crippen LogP contribution < -0.4 is 11.2 Å². The van der Waals surface area contributed by atoms with Gasteiger partial charge in [0.15, 0.2) is 5.11 Å². The van der Waals surface area contributed by atoms with Crippen molar-refractivity contribution in [2.45, 2.75) is 6.54 Å². The van der Waals surface area contributed by atoms with Crippen LogP contribution in [0.5, 0.6) is 0 Å². The van der Waals surface area contributed by atoms with E-state index in [0.717, 1.165) is 16.5 Å². The van der Waals surface area contributed by atoms with E-state index < -0.39 is 0 Å². The standard InChI is InChI=1S/C13H12N4S/c1-2-7-17-9-10(8-15-16-13(14)18)11-5-3-4-6-12(11)17/h1,3-6,8-9H,7H2,(H3,14,16,18). The molecule has 18 heavy (non-hydrogen) atoms. The number of aromatic nitrogens is 1. The van der Waals surface area contributed by atoms with Gasteiger partial charge in [0.05, 0.1) is 12.8 Å². The lowest BCUT2D eigenvalue weighted by atomic mass is 10.2. The lowest BCUT2D eigenvalue weighted by molar-refractivity contribution is 0.885. The van der Waals surface area contributed by atoms with E-state index in [9.17, 15) is 0 Å². The van der Waals surface area contributed by atoms with E-state index in [4.69, 9.17) is 12.2 Å². The van der Waals surface area contributed by atoms with Crippen LogP contribution >= 0.6 is 12.2 Å². The highest BCUT2D eigenvalue weighted by molar-refractivity contribution is 7.80. The second-order valence-corrected chi connectivity index (χ2v) is 4.11. The van der Waals surface area contributed by atoms with Gasteiger partial charge in [0.25, 0.3) is 0 Å². The Balaban J connectivity index is 2.42. The monoisotopic (exact) mass is 256 g/mol. The summed E-state index contributed by atoms with van der Waals surface area (Å²) in [5.74, 6) is 2.63. The molecule has 0 spiro atoms. The first-order valence-electron chi connectivity index (χ1n) is 5.32. The van der Waals surface area contributed by atoms with Gasteiger partial charge in [-0.15, -0.1) is 6.42 Å². The van der Waals surface area contributed by atoms with Gasteiger partial charge in [0.1, 0.15) is 0 Å². The van der Waals surface area contributed by atoms with Crippen LogP contribution in [-0.4, -0.2) is 15.9 Å². The average Bonchev–Trinajstić information content (AvgIpc) is 2.69. The summed E-state index contributed by atoms with van der Waals surface area (Å²) in [5.41, 5.74) is 9.86. The third-order valence-corrected chi connectivity index (χ3v) is 2.55. The highest BCUT2D eigenvalue weighted by atomic mass is 32.1. The van der Waals surface area contributed by atoms with E-state index in [1.54, 1.807) is 6.21 Å². The summed E-state index contributed by atoms with van der Waals surface area (Å²) in [5, 5.41) is 5.18. The van der Waals surface area contributed by atoms with Gasteiger partial charge in [-0.1, -0.05) is 24.1 Å². The van der Waals surface area contributed by atoms with Crippen LogP contribution in [0.1, 0.15) is 5.56 Å². The first-order valence-corrected chi connectivity index (χ1v) is 5.73. The maximum absolute atomic E-state index is 5.35. The molecule has 1 heterocycles. The maximum atomic E-state index is 5.35. The van der Waals surface area contributed by atoms with Crippen LogP contribution in [0.2, 0.25) is 0 Å². The van der Waals surface area contributed by atoms with Crippen LogP contribution in [-0.2, 0) is 6.54 Å². The summed E-state index contributed by atoms with van der Waals surface area (Å²) in [6.07, 6.45) is 8.98. The summed E-state index contributed by atoms with van der Waals surface area (Å²) in [6, 6.07) is 7.99. The molecule has 0 aliphatic rings. The molecule has 1 aromatic heterocycles. The number of para-hydroxylation sites is 1. The Kier molecular flexibility index (Phi) is 3.60. The quantitative estimate of drug-likeness (QED) is 0.378. The third kappa shape index (κ3) is 2.50. The number of benzene rings is 1. The molecule has 0 saturated heterocycles. The summed E-state index contributed by atoms with van der Waals surface area (Å²) in [4.78, 5) is 0. The van der Waals surface area contributed by atoms with Gasteiger partial charge in [0, 0.05) is 22.7 Å². The van der Waals surface area contributed by atoms with Crippen molar-refractivity contribution in [3.05, 3.63) is 36.0 Å². The molecule has 3 N–H and O–H groups in total. The van der Waals surface area contributed by atoms with E-state index >= 15 is 0 Å². The number of nitrogens with two attached hydrogens (primary N) is 1. The summed E-state index contributed by atoms with van der Waals surface area (Å²) >= 11 is 4.67. The van der Waals surface area contributed by atoms with E-state index in [1.807, 2.05) is 35.0 Å². The fourth-order valence-corrected chi connectivity index (χ4v) is 1.83. The molecule has 1 aromatic carbocycles. The minimum Gasteiger partial charge on any atom is -0.375 e. The lowest BCUT2D eigenvalue weighted by Gasteiger charge is -1.97. The number of nitrogens with zero attached hydrogens (tertiary/aromatic N) is 2. The second kappa shape index (κ2) is 5.34. The zero-order chi connectivity index (χ0) is 13.0. The minimum atomic E-state index is 0.138. The molecule has 0 aliphatic carbocycles. The fraction of sp³-hybridized carbons (Fsp3) is 0.0769. The number of rotatable bonds is 3. The Morgan fingerprint density at radius 2 is 2.33 bits per heavy atom. The fourth-order valence-electron chi connectivity index (χ4n) is 1.77. The van der Waals surface area contributed by atoms with E-state index in [-0.39, 0.29) is 5.11 Å². The predicted octanol–water partition coefficient (Wildman–Crippen LogP) is 1.44.